The second-order valence-corrected chi connectivity index (χ2v) is 5.90. The van der Waals surface area contributed by atoms with E-state index in [1.54, 1.807) is 0 Å². The summed E-state index contributed by atoms with van der Waals surface area (Å²) >= 11 is 3.03. The topological polar surface area (TPSA) is 98.5 Å². The summed E-state index contributed by atoms with van der Waals surface area (Å²) in [5.74, 6) is -1.12. The minimum atomic E-state index is -0.767. The number of benzene rings is 1. The minimum absolute atomic E-state index is 0.0311. The van der Waals surface area contributed by atoms with Crippen LogP contribution in [0.25, 0.3) is 0 Å². The molecule has 1 fully saturated rings. The number of hydrogen-bond acceptors (Lipinski definition) is 5. The standard InChI is InChI=1S/C14H15BrN2O5/c15-11-6-5-9(7-12(11)17(20)21)14(19)22-8-13(18)16-10-3-1-2-4-10/h5-7,10H,1-4,8H2,(H,16,18). The quantitative estimate of drug-likeness (QED) is 0.487. The molecule has 1 aliphatic rings. The Labute approximate surface area is 135 Å². The number of nitrogens with one attached hydrogen (secondary N) is 1. The highest BCUT2D eigenvalue weighted by Crippen LogP contribution is 2.25. The van der Waals surface area contributed by atoms with Crippen LogP contribution >= 0.6 is 15.9 Å². The number of rotatable bonds is 5. The van der Waals surface area contributed by atoms with Gasteiger partial charge >= 0.3 is 5.97 Å². The van der Waals surface area contributed by atoms with Crippen LogP contribution in [-0.2, 0) is 9.53 Å². The highest BCUT2D eigenvalue weighted by Gasteiger charge is 2.20. The number of halogens is 1. The lowest BCUT2D eigenvalue weighted by atomic mass is 10.2. The van der Waals surface area contributed by atoms with E-state index < -0.39 is 10.9 Å². The molecule has 1 N–H and O–H groups in total. The number of carbonyl (C=O) groups excluding carboxylic acids is 2. The average molecular weight is 371 g/mol. The van der Waals surface area contributed by atoms with Crippen molar-refractivity contribution < 1.29 is 19.2 Å². The van der Waals surface area contributed by atoms with Gasteiger partial charge in [-0.3, -0.25) is 14.9 Å². The van der Waals surface area contributed by atoms with E-state index in [9.17, 15) is 19.7 Å². The Hall–Kier alpha value is -1.96. The molecule has 7 nitrogen and oxygen atoms in total. The van der Waals surface area contributed by atoms with E-state index in [0.717, 1.165) is 31.7 Å². The molecular weight excluding hydrogens is 356 g/mol. The number of esters is 1. The lowest BCUT2D eigenvalue weighted by Gasteiger charge is -2.11. The summed E-state index contributed by atoms with van der Waals surface area (Å²) in [6.45, 7) is -0.390. The zero-order chi connectivity index (χ0) is 16.1. The van der Waals surface area contributed by atoms with Crippen LogP contribution in [0.15, 0.2) is 22.7 Å². The summed E-state index contributed by atoms with van der Waals surface area (Å²) < 4.78 is 5.16. The third kappa shape index (κ3) is 4.27. The summed E-state index contributed by atoms with van der Waals surface area (Å²) in [6.07, 6.45) is 4.07. The summed E-state index contributed by atoms with van der Waals surface area (Å²) in [5, 5.41) is 13.6. The molecule has 0 atom stereocenters. The Bertz CT molecular complexity index is 599. The number of carbonyl (C=O) groups is 2. The number of hydrogen-bond donors (Lipinski definition) is 1. The Kier molecular flexibility index (Phi) is 5.48. The van der Waals surface area contributed by atoms with E-state index in [0.29, 0.717) is 0 Å². The van der Waals surface area contributed by atoms with Gasteiger partial charge in [0.15, 0.2) is 6.61 Å². The van der Waals surface area contributed by atoms with Gasteiger partial charge in [-0.05, 0) is 40.9 Å². The summed E-state index contributed by atoms with van der Waals surface area (Å²) in [6, 6.07) is 4.06. The highest BCUT2D eigenvalue weighted by atomic mass is 79.9. The third-order valence-corrected chi connectivity index (χ3v) is 4.10. The molecule has 118 valence electrons. The Balaban J connectivity index is 1.90. The van der Waals surface area contributed by atoms with Crippen molar-refractivity contribution >= 4 is 33.5 Å². The van der Waals surface area contributed by atoms with E-state index in [4.69, 9.17) is 4.74 Å². The average Bonchev–Trinajstić information content (AvgIpc) is 2.97. The zero-order valence-corrected chi connectivity index (χ0v) is 13.3. The van der Waals surface area contributed by atoms with Crippen molar-refractivity contribution in [1.29, 1.82) is 0 Å². The molecule has 0 radical (unpaired) electrons. The fraction of sp³-hybridized carbons (Fsp3) is 0.429. The van der Waals surface area contributed by atoms with Gasteiger partial charge in [0.1, 0.15) is 0 Å². The van der Waals surface area contributed by atoms with Crippen molar-refractivity contribution in [2.75, 3.05) is 6.61 Å². The van der Waals surface area contributed by atoms with Crippen molar-refractivity contribution in [3.63, 3.8) is 0 Å². The molecule has 0 unspecified atom stereocenters. The smallest absolute Gasteiger partial charge is 0.338 e. The molecule has 0 aromatic heterocycles. The number of nitro groups is 1. The van der Waals surface area contributed by atoms with Gasteiger partial charge in [-0.2, -0.15) is 0 Å². The first kappa shape index (κ1) is 16.4. The predicted molar refractivity (Wildman–Crippen MR) is 81.5 cm³/mol. The van der Waals surface area contributed by atoms with E-state index >= 15 is 0 Å². The lowest BCUT2D eigenvalue weighted by Crippen LogP contribution is -2.35. The van der Waals surface area contributed by atoms with E-state index in [2.05, 4.69) is 21.2 Å². The number of amides is 1. The normalized spacial score (nSPS) is 14.6. The third-order valence-electron chi connectivity index (χ3n) is 3.43. The van der Waals surface area contributed by atoms with Crippen LogP contribution in [0.3, 0.4) is 0 Å². The van der Waals surface area contributed by atoms with E-state index in [1.165, 1.54) is 12.1 Å². The van der Waals surface area contributed by atoms with Gasteiger partial charge in [-0.15, -0.1) is 0 Å². The molecular formula is C14H15BrN2O5. The monoisotopic (exact) mass is 370 g/mol. The minimum Gasteiger partial charge on any atom is -0.452 e. The van der Waals surface area contributed by atoms with E-state index in [-0.39, 0.29) is 34.3 Å². The van der Waals surface area contributed by atoms with Crippen molar-refractivity contribution in [2.45, 2.75) is 31.7 Å². The molecule has 0 bridgehead atoms. The molecule has 1 amide bonds. The molecule has 22 heavy (non-hydrogen) atoms. The van der Waals surface area contributed by atoms with Gasteiger partial charge in [0.05, 0.1) is 15.0 Å². The Morgan fingerprint density at radius 3 is 2.68 bits per heavy atom. The first-order valence-electron chi connectivity index (χ1n) is 6.88. The molecule has 8 heteroatoms. The van der Waals surface area contributed by atoms with Crippen LogP contribution in [0, 0.1) is 10.1 Å². The largest absolute Gasteiger partial charge is 0.452 e. The first-order chi connectivity index (χ1) is 10.5. The second kappa shape index (κ2) is 7.35. The SMILES string of the molecule is O=C(COC(=O)c1ccc(Br)c([N+](=O)[O-])c1)NC1CCCC1. The van der Waals surface area contributed by atoms with Gasteiger partial charge in [0.2, 0.25) is 0 Å². The molecule has 0 saturated heterocycles. The molecule has 2 rings (SSSR count). The van der Waals surface area contributed by atoms with Gasteiger partial charge in [0.25, 0.3) is 11.6 Å². The summed E-state index contributed by atoms with van der Waals surface area (Å²) in [7, 11) is 0. The number of ether oxygens (including phenoxy) is 1. The maximum atomic E-state index is 11.8. The van der Waals surface area contributed by atoms with Crippen molar-refractivity contribution in [3.05, 3.63) is 38.3 Å². The van der Waals surface area contributed by atoms with Crippen LogP contribution < -0.4 is 5.32 Å². The summed E-state index contributed by atoms with van der Waals surface area (Å²) in [4.78, 5) is 33.7. The maximum absolute atomic E-state index is 11.8. The highest BCUT2D eigenvalue weighted by molar-refractivity contribution is 9.10. The fourth-order valence-electron chi connectivity index (χ4n) is 2.33. The molecule has 1 saturated carbocycles. The van der Waals surface area contributed by atoms with Gasteiger partial charge in [-0.1, -0.05) is 12.8 Å². The molecule has 1 aromatic carbocycles. The van der Waals surface area contributed by atoms with Crippen molar-refractivity contribution in [3.8, 4) is 0 Å². The summed E-state index contributed by atoms with van der Waals surface area (Å²) in [5.41, 5.74) is -0.201. The van der Waals surface area contributed by atoms with Crippen LogP contribution in [0.5, 0.6) is 0 Å². The fourth-order valence-corrected chi connectivity index (χ4v) is 2.72. The predicted octanol–water partition coefficient (Wildman–Crippen LogP) is 2.57. The van der Waals surface area contributed by atoms with Crippen molar-refractivity contribution in [2.24, 2.45) is 0 Å². The Morgan fingerprint density at radius 1 is 1.36 bits per heavy atom. The van der Waals surface area contributed by atoms with Crippen LogP contribution in [0.1, 0.15) is 36.0 Å². The zero-order valence-electron chi connectivity index (χ0n) is 11.7. The Morgan fingerprint density at radius 2 is 2.05 bits per heavy atom. The van der Waals surface area contributed by atoms with Crippen molar-refractivity contribution in [1.82, 2.24) is 5.32 Å². The maximum Gasteiger partial charge on any atom is 0.338 e. The first-order valence-corrected chi connectivity index (χ1v) is 7.67. The number of nitro benzene ring substituents is 1. The lowest BCUT2D eigenvalue weighted by molar-refractivity contribution is -0.385. The molecule has 1 aliphatic carbocycles. The van der Waals surface area contributed by atoms with Crippen LogP contribution in [-0.4, -0.2) is 29.4 Å². The molecule has 1 aromatic rings. The van der Waals surface area contributed by atoms with E-state index in [1.807, 2.05) is 0 Å². The molecule has 0 aliphatic heterocycles. The van der Waals surface area contributed by atoms with Crippen LogP contribution in [0.4, 0.5) is 5.69 Å². The molecule has 0 spiro atoms. The van der Waals surface area contributed by atoms with Gasteiger partial charge in [0, 0.05) is 12.1 Å². The van der Waals surface area contributed by atoms with Gasteiger partial charge in [-0.25, -0.2) is 4.79 Å². The van der Waals surface area contributed by atoms with Gasteiger partial charge < -0.3 is 10.1 Å². The number of nitrogens with zero attached hydrogens (tertiary/aromatic N) is 1. The van der Waals surface area contributed by atoms with Crippen LogP contribution in [0.2, 0.25) is 0 Å². The molecule has 0 heterocycles. The second-order valence-electron chi connectivity index (χ2n) is 5.05.